The number of carbonyl (C=O) groups is 1. The zero-order chi connectivity index (χ0) is 13.9. The molecule has 0 radical (unpaired) electrons. The highest BCUT2D eigenvalue weighted by Crippen LogP contribution is 2.20. The van der Waals surface area contributed by atoms with E-state index in [2.05, 4.69) is 20.3 Å². The first-order chi connectivity index (χ1) is 9.78. The molecule has 1 amide bonds. The van der Waals surface area contributed by atoms with E-state index in [0.29, 0.717) is 16.7 Å². The molecule has 3 aromatic rings. The number of carbonyl (C=O) groups excluding carboxylic acids is 1. The van der Waals surface area contributed by atoms with Gasteiger partial charge in [-0.05, 0) is 30.5 Å². The fourth-order valence-electron chi connectivity index (χ4n) is 1.94. The Morgan fingerprint density at radius 2 is 2.20 bits per heavy atom. The van der Waals surface area contributed by atoms with E-state index in [4.69, 9.17) is 0 Å². The molecule has 3 rings (SSSR count). The van der Waals surface area contributed by atoms with E-state index in [1.807, 2.05) is 30.5 Å². The Labute approximate surface area is 119 Å². The number of H-pyrrole nitrogens is 1. The fraction of sp³-hybridized carbons (Fsp3) is 0.0714. The van der Waals surface area contributed by atoms with Crippen molar-refractivity contribution in [2.45, 2.75) is 4.90 Å². The number of amides is 1. The van der Waals surface area contributed by atoms with Crippen molar-refractivity contribution < 1.29 is 4.79 Å². The molecule has 0 atom stereocenters. The normalized spacial score (nSPS) is 10.7. The molecule has 0 spiro atoms. The molecular formula is C14H12N4OS. The third-order valence-electron chi connectivity index (χ3n) is 2.90. The number of rotatable bonds is 3. The maximum atomic E-state index is 12.3. The minimum absolute atomic E-state index is 0.241. The van der Waals surface area contributed by atoms with Gasteiger partial charge in [0.15, 0.2) is 0 Å². The number of hydrogen-bond acceptors (Lipinski definition) is 4. The lowest BCUT2D eigenvalue weighted by atomic mass is 10.2. The average Bonchev–Trinajstić information content (AvgIpc) is 2.95. The summed E-state index contributed by atoms with van der Waals surface area (Å²) in [6.45, 7) is 0. The van der Waals surface area contributed by atoms with Gasteiger partial charge >= 0.3 is 0 Å². The molecule has 0 aliphatic carbocycles. The third-order valence-corrected chi connectivity index (χ3v) is 3.62. The van der Waals surface area contributed by atoms with E-state index in [1.165, 1.54) is 6.33 Å². The highest BCUT2D eigenvalue weighted by Gasteiger charge is 2.13. The summed E-state index contributed by atoms with van der Waals surface area (Å²) in [5, 5.41) is 3.57. The molecule has 5 nitrogen and oxygen atoms in total. The van der Waals surface area contributed by atoms with Gasteiger partial charge in [-0.15, -0.1) is 11.8 Å². The SMILES string of the molecule is CSc1cccc(NC(=O)c2ncnc3[nH]ccc23)c1. The first kappa shape index (κ1) is 12.7. The van der Waals surface area contributed by atoms with Crippen LogP contribution < -0.4 is 5.32 Å². The summed E-state index contributed by atoms with van der Waals surface area (Å²) >= 11 is 1.63. The number of anilines is 1. The van der Waals surface area contributed by atoms with Crippen LogP contribution in [0.4, 0.5) is 5.69 Å². The van der Waals surface area contributed by atoms with Gasteiger partial charge in [-0.2, -0.15) is 0 Å². The molecule has 20 heavy (non-hydrogen) atoms. The highest BCUT2D eigenvalue weighted by molar-refractivity contribution is 7.98. The van der Waals surface area contributed by atoms with E-state index in [9.17, 15) is 4.79 Å². The highest BCUT2D eigenvalue weighted by atomic mass is 32.2. The van der Waals surface area contributed by atoms with Crippen LogP contribution in [0, 0.1) is 0 Å². The summed E-state index contributed by atoms with van der Waals surface area (Å²) < 4.78 is 0. The Balaban J connectivity index is 1.91. The number of aromatic nitrogens is 3. The molecule has 0 aliphatic heterocycles. The average molecular weight is 284 g/mol. The summed E-state index contributed by atoms with van der Waals surface area (Å²) in [5.74, 6) is -0.241. The van der Waals surface area contributed by atoms with E-state index in [-0.39, 0.29) is 5.91 Å². The van der Waals surface area contributed by atoms with E-state index in [0.717, 1.165) is 10.6 Å². The van der Waals surface area contributed by atoms with Gasteiger partial charge in [0.25, 0.3) is 5.91 Å². The Morgan fingerprint density at radius 3 is 3.05 bits per heavy atom. The lowest BCUT2D eigenvalue weighted by Gasteiger charge is -2.06. The molecule has 2 N–H and O–H groups in total. The van der Waals surface area contributed by atoms with Gasteiger partial charge < -0.3 is 10.3 Å². The summed E-state index contributed by atoms with van der Waals surface area (Å²) in [7, 11) is 0. The molecule has 6 heteroatoms. The first-order valence-corrected chi connectivity index (χ1v) is 7.24. The second-order valence-corrected chi connectivity index (χ2v) is 5.03. The zero-order valence-electron chi connectivity index (χ0n) is 10.8. The monoisotopic (exact) mass is 284 g/mol. The van der Waals surface area contributed by atoms with Gasteiger partial charge in [-0.1, -0.05) is 6.07 Å². The topological polar surface area (TPSA) is 70.7 Å². The molecule has 0 unspecified atom stereocenters. The maximum Gasteiger partial charge on any atom is 0.275 e. The molecule has 1 aromatic carbocycles. The number of nitrogens with one attached hydrogen (secondary N) is 2. The van der Waals surface area contributed by atoms with Crippen LogP contribution in [0.1, 0.15) is 10.5 Å². The Kier molecular flexibility index (Phi) is 3.39. The predicted molar refractivity (Wildman–Crippen MR) is 80.1 cm³/mol. The first-order valence-electron chi connectivity index (χ1n) is 6.01. The van der Waals surface area contributed by atoms with Crippen molar-refractivity contribution in [1.82, 2.24) is 15.0 Å². The van der Waals surface area contributed by atoms with Gasteiger partial charge in [-0.3, -0.25) is 4.79 Å². The summed E-state index contributed by atoms with van der Waals surface area (Å²) in [4.78, 5) is 24.5. The quantitative estimate of drug-likeness (QED) is 0.725. The maximum absolute atomic E-state index is 12.3. The number of benzene rings is 1. The van der Waals surface area contributed by atoms with Crippen LogP contribution in [0.25, 0.3) is 11.0 Å². The summed E-state index contributed by atoms with van der Waals surface area (Å²) in [6.07, 6.45) is 5.12. The van der Waals surface area contributed by atoms with Crippen LogP contribution in [-0.2, 0) is 0 Å². The van der Waals surface area contributed by atoms with Gasteiger partial charge in [0.05, 0.1) is 5.39 Å². The van der Waals surface area contributed by atoms with Crippen LogP contribution >= 0.6 is 11.8 Å². The number of aromatic amines is 1. The van der Waals surface area contributed by atoms with Crippen molar-refractivity contribution in [3.63, 3.8) is 0 Å². The standard InChI is InChI=1S/C14H12N4OS/c1-20-10-4-2-3-9(7-10)18-14(19)12-11-5-6-15-13(11)17-8-16-12/h2-8H,1H3,(H,18,19)(H,15,16,17). The van der Waals surface area contributed by atoms with Crippen LogP contribution in [0.15, 0.2) is 47.8 Å². The van der Waals surface area contributed by atoms with Crippen molar-refractivity contribution >= 4 is 34.4 Å². The zero-order valence-corrected chi connectivity index (χ0v) is 11.6. The smallest absolute Gasteiger partial charge is 0.275 e. The van der Waals surface area contributed by atoms with Gasteiger partial charge in [0, 0.05) is 16.8 Å². The molecule has 100 valence electrons. The molecule has 0 saturated heterocycles. The number of fused-ring (bicyclic) bond motifs is 1. The minimum atomic E-state index is -0.241. The molecule has 0 aliphatic rings. The van der Waals surface area contributed by atoms with Gasteiger partial charge in [0.1, 0.15) is 17.7 Å². The minimum Gasteiger partial charge on any atom is -0.346 e. The Hall–Kier alpha value is -2.34. The lowest BCUT2D eigenvalue weighted by molar-refractivity contribution is 0.102. The van der Waals surface area contributed by atoms with Crippen molar-refractivity contribution in [3.05, 3.63) is 48.5 Å². The predicted octanol–water partition coefficient (Wildman–Crippen LogP) is 2.93. The molecular weight excluding hydrogens is 272 g/mol. The third kappa shape index (κ3) is 2.37. The molecule has 0 fully saturated rings. The fourth-order valence-corrected chi connectivity index (χ4v) is 2.40. The molecule has 0 saturated carbocycles. The number of thioether (sulfide) groups is 1. The van der Waals surface area contributed by atoms with Crippen LogP contribution in [0.5, 0.6) is 0 Å². The Morgan fingerprint density at radius 1 is 1.30 bits per heavy atom. The summed E-state index contributed by atoms with van der Waals surface area (Å²) in [5.41, 5.74) is 1.78. The summed E-state index contributed by atoms with van der Waals surface area (Å²) in [6, 6.07) is 9.48. The van der Waals surface area contributed by atoms with E-state index < -0.39 is 0 Å². The van der Waals surface area contributed by atoms with Crippen molar-refractivity contribution in [2.24, 2.45) is 0 Å². The molecule has 2 aromatic heterocycles. The van der Waals surface area contributed by atoms with E-state index in [1.54, 1.807) is 24.0 Å². The van der Waals surface area contributed by atoms with Crippen LogP contribution in [-0.4, -0.2) is 27.1 Å². The van der Waals surface area contributed by atoms with Crippen molar-refractivity contribution in [3.8, 4) is 0 Å². The lowest BCUT2D eigenvalue weighted by Crippen LogP contribution is -2.14. The van der Waals surface area contributed by atoms with Crippen LogP contribution in [0.3, 0.4) is 0 Å². The van der Waals surface area contributed by atoms with Gasteiger partial charge in [-0.25, -0.2) is 9.97 Å². The molecule has 2 heterocycles. The Bertz CT molecular complexity index is 768. The van der Waals surface area contributed by atoms with Crippen LogP contribution in [0.2, 0.25) is 0 Å². The van der Waals surface area contributed by atoms with E-state index >= 15 is 0 Å². The van der Waals surface area contributed by atoms with Crippen molar-refractivity contribution in [1.29, 1.82) is 0 Å². The van der Waals surface area contributed by atoms with Gasteiger partial charge in [0.2, 0.25) is 0 Å². The second-order valence-electron chi connectivity index (χ2n) is 4.15. The number of hydrogen-bond donors (Lipinski definition) is 2. The second kappa shape index (κ2) is 5.34. The molecule has 0 bridgehead atoms. The largest absolute Gasteiger partial charge is 0.346 e. The van der Waals surface area contributed by atoms with Crippen molar-refractivity contribution in [2.75, 3.05) is 11.6 Å². The number of nitrogens with zero attached hydrogens (tertiary/aromatic N) is 2.